The molecule has 1 rings (SSSR count). The van der Waals surface area contributed by atoms with Crippen LogP contribution < -0.4 is 10.6 Å². The first-order valence-corrected chi connectivity index (χ1v) is 10.1. The zero-order valence-electron chi connectivity index (χ0n) is 14.3. The molecular weight excluding hydrogens is 318 g/mol. The minimum atomic E-state index is -3.14. The van der Waals surface area contributed by atoms with Gasteiger partial charge in [-0.05, 0) is 19.3 Å². The molecule has 1 saturated heterocycles. The summed E-state index contributed by atoms with van der Waals surface area (Å²) in [5, 5.41) is 6.07. The van der Waals surface area contributed by atoms with E-state index in [0.717, 1.165) is 13.0 Å². The van der Waals surface area contributed by atoms with Gasteiger partial charge in [-0.15, -0.1) is 0 Å². The van der Waals surface area contributed by atoms with Crippen LogP contribution in [0.4, 0.5) is 0 Å². The number of hydrogen-bond acceptors (Lipinski definition) is 5. The van der Waals surface area contributed by atoms with Crippen LogP contribution in [0.25, 0.3) is 0 Å². The summed E-state index contributed by atoms with van der Waals surface area (Å²) in [6.45, 7) is 5.60. The Labute approximate surface area is 140 Å². The highest BCUT2D eigenvalue weighted by Crippen LogP contribution is 2.20. The van der Waals surface area contributed by atoms with Crippen molar-refractivity contribution in [1.29, 1.82) is 0 Å². The number of nitrogens with one attached hydrogen (secondary N) is 2. The lowest BCUT2D eigenvalue weighted by molar-refractivity contribution is -0.126. The standard InChI is InChI=1S/C15H31N3O4S/c1-3-4-13-23(20,21)18-10-5-14(6-11-18)15(19)17-8-7-16-9-12-22-2/h14,16H,3-13H2,1-2H3,(H,17,19). The number of unbranched alkanes of at least 4 members (excludes halogenated alkanes) is 1. The van der Waals surface area contributed by atoms with Gasteiger partial charge in [0.15, 0.2) is 0 Å². The highest BCUT2D eigenvalue weighted by Gasteiger charge is 2.30. The van der Waals surface area contributed by atoms with Crippen molar-refractivity contribution in [2.24, 2.45) is 5.92 Å². The topological polar surface area (TPSA) is 87.7 Å². The second kappa shape index (κ2) is 11.0. The fraction of sp³-hybridized carbons (Fsp3) is 0.933. The minimum Gasteiger partial charge on any atom is -0.383 e. The third-order valence-corrected chi connectivity index (χ3v) is 6.01. The number of rotatable bonds is 11. The molecule has 0 saturated carbocycles. The largest absolute Gasteiger partial charge is 0.383 e. The molecule has 0 aromatic carbocycles. The van der Waals surface area contributed by atoms with Gasteiger partial charge in [0.05, 0.1) is 12.4 Å². The molecule has 1 aliphatic rings. The number of amides is 1. The van der Waals surface area contributed by atoms with Gasteiger partial charge in [-0.2, -0.15) is 0 Å². The average Bonchev–Trinajstić information content (AvgIpc) is 2.56. The van der Waals surface area contributed by atoms with E-state index >= 15 is 0 Å². The van der Waals surface area contributed by atoms with Crippen molar-refractivity contribution in [3.05, 3.63) is 0 Å². The van der Waals surface area contributed by atoms with Crippen molar-refractivity contribution < 1.29 is 17.9 Å². The van der Waals surface area contributed by atoms with Crippen LogP contribution in [0.15, 0.2) is 0 Å². The lowest BCUT2D eigenvalue weighted by atomic mass is 9.97. The summed E-state index contributed by atoms with van der Waals surface area (Å²) in [7, 11) is -1.49. The van der Waals surface area contributed by atoms with Gasteiger partial charge >= 0.3 is 0 Å². The van der Waals surface area contributed by atoms with Crippen LogP contribution in [-0.4, -0.2) is 70.8 Å². The van der Waals surface area contributed by atoms with Gasteiger partial charge in [-0.3, -0.25) is 4.79 Å². The Balaban J connectivity index is 2.23. The van der Waals surface area contributed by atoms with E-state index in [2.05, 4.69) is 10.6 Å². The van der Waals surface area contributed by atoms with Crippen molar-refractivity contribution in [1.82, 2.24) is 14.9 Å². The first-order chi connectivity index (χ1) is 11.0. The van der Waals surface area contributed by atoms with Crippen LogP contribution in [0.2, 0.25) is 0 Å². The molecule has 23 heavy (non-hydrogen) atoms. The van der Waals surface area contributed by atoms with Gasteiger partial charge in [0.25, 0.3) is 0 Å². The lowest BCUT2D eigenvalue weighted by Gasteiger charge is -2.30. The first kappa shape index (κ1) is 20.3. The zero-order valence-corrected chi connectivity index (χ0v) is 15.2. The van der Waals surface area contributed by atoms with Gasteiger partial charge in [0.2, 0.25) is 15.9 Å². The number of sulfonamides is 1. The predicted molar refractivity (Wildman–Crippen MR) is 90.7 cm³/mol. The fourth-order valence-electron chi connectivity index (χ4n) is 2.57. The molecule has 0 atom stereocenters. The van der Waals surface area contributed by atoms with Gasteiger partial charge in [0, 0.05) is 45.8 Å². The molecule has 2 N–H and O–H groups in total. The number of hydrogen-bond donors (Lipinski definition) is 2. The highest BCUT2D eigenvalue weighted by molar-refractivity contribution is 7.89. The normalized spacial score (nSPS) is 17.3. The highest BCUT2D eigenvalue weighted by atomic mass is 32.2. The SMILES string of the molecule is CCCCS(=O)(=O)N1CCC(C(=O)NCCNCCOC)CC1. The molecule has 0 bridgehead atoms. The smallest absolute Gasteiger partial charge is 0.223 e. The molecule has 0 spiro atoms. The zero-order chi connectivity index (χ0) is 17.1. The molecule has 136 valence electrons. The quantitative estimate of drug-likeness (QED) is 0.520. The fourth-order valence-corrected chi connectivity index (χ4v) is 4.25. The molecule has 0 radical (unpaired) electrons. The summed E-state index contributed by atoms with van der Waals surface area (Å²) in [5.74, 6) is 0.170. The Hall–Kier alpha value is -0.700. The summed E-state index contributed by atoms with van der Waals surface area (Å²) in [6, 6.07) is 0. The summed E-state index contributed by atoms with van der Waals surface area (Å²) >= 11 is 0. The molecule has 0 aliphatic carbocycles. The van der Waals surface area contributed by atoms with Gasteiger partial charge < -0.3 is 15.4 Å². The summed E-state index contributed by atoms with van der Waals surface area (Å²) in [4.78, 5) is 12.1. The van der Waals surface area contributed by atoms with E-state index in [4.69, 9.17) is 4.74 Å². The van der Waals surface area contributed by atoms with Crippen molar-refractivity contribution >= 4 is 15.9 Å². The summed E-state index contributed by atoms with van der Waals surface area (Å²) in [6.07, 6.45) is 2.78. The van der Waals surface area contributed by atoms with E-state index in [1.807, 2.05) is 6.92 Å². The van der Waals surface area contributed by atoms with Crippen LogP contribution in [0.3, 0.4) is 0 Å². The molecular formula is C15H31N3O4S. The van der Waals surface area contributed by atoms with Crippen molar-refractivity contribution in [3.8, 4) is 0 Å². The summed E-state index contributed by atoms with van der Waals surface area (Å²) < 4.78 is 30.7. The van der Waals surface area contributed by atoms with Gasteiger partial charge in [0.1, 0.15) is 0 Å². The molecule has 1 amide bonds. The monoisotopic (exact) mass is 349 g/mol. The van der Waals surface area contributed by atoms with Crippen LogP contribution >= 0.6 is 0 Å². The van der Waals surface area contributed by atoms with E-state index in [0.29, 0.717) is 52.0 Å². The maximum atomic E-state index is 12.1. The Morgan fingerprint density at radius 1 is 1.22 bits per heavy atom. The molecule has 1 aliphatic heterocycles. The molecule has 1 fully saturated rings. The number of carbonyl (C=O) groups is 1. The summed E-state index contributed by atoms with van der Waals surface area (Å²) in [5.41, 5.74) is 0. The number of carbonyl (C=O) groups excluding carboxylic acids is 1. The Morgan fingerprint density at radius 3 is 2.52 bits per heavy atom. The van der Waals surface area contributed by atoms with Crippen LogP contribution in [0, 0.1) is 5.92 Å². The molecule has 7 nitrogen and oxygen atoms in total. The number of ether oxygens (including phenoxy) is 1. The van der Waals surface area contributed by atoms with E-state index < -0.39 is 10.0 Å². The lowest BCUT2D eigenvalue weighted by Crippen LogP contribution is -2.44. The third kappa shape index (κ3) is 7.60. The third-order valence-electron chi connectivity index (χ3n) is 4.06. The Kier molecular flexibility index (Phi) is 9.69. The van der Waals surface area contributed by atoms with E-state index in [9.17, 15) is 13.2 Å². The van der Waals surface area contributed by atoms with E-state index in [1.165, 1.54) is 0 Å². The maximum Gasteiger partial charge on any atom is 0.223 e. The number of nitrogens with zero attached hydrogens (tertiary/aromatic N) is 1. The predicted octanol–water partition coefficient (Wildman–Crippen LogP) is 0.181. The first-order valence-electron chi connectivity index (χ1n) is 8.46. The van der Waals surface area contributed by atoms with Crippen LogP contribution in [0.5, 0.6) is 0 Å². The second-order valence-electron chi connectivity index (χ2n) is 5.88. The Bertz CT molecular complexity index is 434. The van der Waals surface area contributed by atoms with E-state index in [1.54, 1.807) is 11.4 Å². The molecule has 1 heterocycles. The molecule has 0 unspecified atom stereocenters. The van der Waals surface area contributed by atoms with Crippen molar-refractivity contribution in [3.63, 3.8) is 0 Å². The van der Waals surface area contributed by atoms with Gasteiger partial charge in [-0.25, -0.2) is 12.7 Å². The molecule has 8 heteroatoms. The molecule has 0 aromatic heterocycles. The Morgan fingerprint density at radius 2 is 1.91 bits per heavy atom. The van der Waals surface area contributed by atoms with E-state index in [-0.39, 0.29) is 17.6 Å². The molecule has 0 aromatic rings. The number of methoxy groups -OCH3 is 1. The maximum absolute atomic E-state index is 12.1. The van der Waals surface area contributed by atoms with Crippen molar-refractivity contribution in [2.45, 2.75) is 32.6 Å². The van der Waals surface area contributed by atoms with Crippen LogP contribution in [0.1, 0.15) is 32.6 Å². The number of piperidine rings is 1. The minimum absolute atomic E-state index is 0.0316. The average molecular weight is 349 g/mol. The van der Waals surface area contributed by atoms with Crippen molar-refractivity contribution in [2.75, 3.05) is 52.2 Å². The van der Waals surface area contributed by atoms with Crippen LogP contribution in [-0.2, 0) is 19.6 Å². The van der Waals surface area contributed by atoms with Gasteiger partial charge in [-0.1, -0.05) is 13.3 Å². The second-order valence-corrected chi connectivity index (χ2v) is 7.97.